The molecule has 20 heavy (non-hydrogen) atoms. The molecule has 0 aliphatic heterocycles. The van der Waals surface area contributed by atoms with Crippen molar-refractivity contribution in [3.8, 4) is 0 Å². The molecule has 0 bridgehead atoms. The first-order chi connectivity index (χ1) is 9.70. The number of rotatable bonds is 6. The van der Waals surface area contributed by atoms with Gasteiger partial charge in [-0.05, 0) is 45.5 Å². The third-order valence-corrected chi connectivity index (χ3v) is 5.83. The van der Waals surface area contributed by atoms with Crippen LogP contribution in [0.5, 0.6) is 0 Å². The van der Waals surface area contributed by atoms with Gasteiger partial charge in [-0.1, -0.05) is 59.7 Å². The molecule has 0 amide bonds. The van der Waals surface area contributed by atoms with E-state index in [1.807, 2.05) is 0 Å². The molecule has 0 radical (unpaired) electrons. The highest BCUT2D eigenvalue weighted by Crippen LogP contribution is 2.33. The van der Waals surface area contributed by atoms with E-state index in [2.05, 4.69) is 69.3 Å². The third-order valence-electron chi connectivity index (χ3n) is 3.35. The van der Waals surface area contributed by atoms with E-state index >= 15 is 0 Å². The van der Waals surface area contributed by atoms with Gasteiger partial charge in [-0.15, -0.1) is 0 Å². The van der Waals surface area contributed by atoms with Crippen molar-refractivity contribution in [3.63, 3.8) is 0 Å². The van der Waals surface area contributed by atoms with Gasteiger partial charge in [-0.25, -0.2) is 0 Å². The smallest absolute Gasteiger partial charge is 0.0511 e. The summed E-state index contributed by atoms with van der Waals surface area (Å²) in [5.41, 5.74) is 2.63. The Labute approximate surface area is 123 Å². The molecular formula is C18H23OP. The largest absolute Gasteiger partial charge is 0.381 e. The maximum absolute atomic E-state index is 5.57. The molecule has 0 saturated carbocycles. The van der Waals surface area contributed by atoms with Crippen molar-refractivity contribution in [2.75, 3.05) is 19.4 Å². The van der Waals surface area contributed by atoms with E-state index in [0.29, 0.717) is 0 Å². The number of hydrogen-bond acceptors (Lipinski definition) is 1. The van der Waals surface area contributed by atoms with Gasteiger partial charge in [0.2, 0.25) is 0 Å². The molecule has 2 heteroatoms. The van der Waals surface area contributed by atoms with Crippen molar-refractivity contribution in [2.24, 2.45) is 0 Å². The Morgan fingerprint density at radius 3 is 1.65 bits per heavy atom. The Hall–Kier alpha value is -1.17. The summed E-state index contributed by atoms with van der Waals surface area (Å²) in [4.78, 5) is 0. The third kappa shape index (κ3) is 4.16. The Bertz CT molecular complexity index is 471. The van der Waals surface area contributed by atoms with Crippen molar-refractivity contribution in [3.05, 3.63) is 59.7 Å². The Balaban J connectivity index is 2.23. The lowest BCUT2D eigenvalue weighted by atomic mass is 10.2. The van der Waals surface area contributed by atoms with Crippen molar-refractivity contribution < 1.29 is 4.74 Å². The first kappa shape index (κ1) is 15.2. The Morgan fingerprint density at radius 1 is 0.800 bits per heavy atom. The van der Waals surface area contributed by atoms with E-state index in [1.54, 1.807) is 0 Å². The van der Waals surface area contributed by atoms with E-state index < -0.39 is 0 Å². The lowest BCUT2D eigenvalue weighted by molar-refractivity contribution is 0.164. The van der Waals surface area contributed by atoms with Gasteiger partial charge >= 0.3 is 0 Å². The van der Waals surface area contributed by atoms with Crippen molar-refractivity contribution >= 4 is 18.5 Å². The zero-order valence-electron chi connectivity index (χ0n) is 12.6. The summed E-state index contributed by atoms with van der Waals surface area (Å²) in [6.07, 6.45) is 1.09. The predicted octanol–water partition coefficient (Wildman–Crippen LogP) is 3.77. The van der Waals surface area contributed by atoms with Gasteiger partial charge in [0.05, 0.1) is 6.61 Å². The lowest BCUT2D eigenvalue weighted by Crippen LogP contribution is -2.16. The molecule has 0 N–H and O–H groups in total. The summed E-state index contributed by atoms with van der Waals surface area (Å²) in [7, 11) is -0.312. The second kappa shape index (κ2) is 7.57. The summed E-state index contributed by atoms with van der Waals surface area (Å²) in [5.74, 6) is 0. The quantitative estimate of drug-likeness (QED) is 0.580. The minimum atomic E-state index is -0.312. The summed E-state index contributed by atoms with van der Waals surface area (Å²) in [5, 5.41) is 2.88. The van der Waals surface area contributed by atoms with Crippen LogP contribution in [0.3, 0.4) is 0 Å². The number of hydrogen-bond donors (Lipinski definition) is 0. The van der Waals surface area contributed by atoms with Crippen molar-refractivity contribution in [1.82, 2.24) is 0 Å². The summed E-state index contributed by atoms with van der Waals surface area (Å²) >= 11 is 0. The van der Waals surface area contributed by atoms with Gasteiger partial charge in [0.1, 0.15) is 0 Å². The van der Waals surface area contributed by atoms with Gasteiger partial charge < -0.3 is 4.74 Å². The molecule has 0 heterocycles. The highest BCUT2D eigenvalue weighted by Gasteiger charge is 2.13. The van der Waals surface area contributed by atoms with E-state index in [0.717, 1.165) is 19.4 Å². The molecule has 0 aliphatic carbocycles. The van der Waals surface area contributed by atoms with E-state index in [4.69, 9.17) is 4.74 Å². The molecule has 1 nitrogen and oxygen atoms in total. The minimum Gasteiger partial charge on any atom is -0.381 e. The average molecular weight is 286 g/mol. The Morgan fingerprint density at radius 2 is 1.25 bits per heavy atom. The highest BCUT2D eigenvalue weighted by atomic mass is 31.1. The summed E-state index contributed by atoms with van der Waals surface area (Å²) in [6.45, 7) is 7.96. The van der Waals surface area contributed by atoms with Gasteiger partial charge in [0.15, 0.2) is 0 Å². The van der Waals surface area contributed by atoms with Crippen LogP contribution in [-0.4, -0.2) is 19.4 Å². The molecule has 106 valence electrons. The normalized spacial score (nSPS) is 11.0. The monoisotopic (exact) mass is 286 g/mol. The van der Waals surface area contributed by atoms with Crippen molar-refractivity contribution in [2.45, 2.75) is 20.8 Å². The van der Waals surface area contributed by atoms with Crippen molar-refractivity contribution in [1.29, 1.82) is 0 Å². The number of aryl methyl sites for hydroxylation is 2. The molecule has 0 spiro atoms. The van der Waals surface area contributed by atoms with Crippen LogP contribution < -0.4 is 10.6 Å². The Kier molecular flexibility index (Phi) is 5.76. The zero-order chi connectivity index (χ0) is 14.4. The first-order valence-corrected chi connectivity index (χ1v) is 8.72. The molecule has 0 unspecified atom stereocenters. The van der Waals surface area contributed by atoms with E-state index in [1.165, 1.54) is 21.7 Å². The number of ether oxygens (including phenoxy) is 1. The fraction of sp³-hybridized carbons (Fsp3) is 0.333. The first-order valence-electron chi connectivity index (χ1n) is 7.19. The van der Waals surface area contributed by atoms with Gasteiger partial charge in [0, 0.05) is 6.61 Å². The molecule has 0 aliphatic rings. The minimum absolute atomic E-state index is 0.312. The van der Waals surface area contributed by atoms with Gasteiger partial charge in [-0.2, -0.15) is 0 Å². The van der Waals surface area contributed by atoms with E-state index in [9.17, 15) is 0 Å². The van der Waals surface area contributed by atoms with Crippen LogP contribution in [0.1, 0.15) is 18.1 Å². The molecule has 2 aromatic carbocycles. The maximum atomic E-state index is 5.57. The highest BCUT2D eigenvalue weighted by molar-refractivity contribution is 7.73. The van der Waals surface area contributed by atoms with Crippen LogP contribution in [0.2, 0.25) is 0 Å². The summed E-state index contributed by atoms with van der Waals surface area (Å²) < 4.78 is 5.57. The van der Waals surface area contributed by atoms with Gasteiger partial charge in [-0.3, -0.25) is 0 Å². The fourth-order valence-corrected chi connectivity index (χ4v) is 4.30. The predicted molar refractivity (Wildman–Crippen MR) is 89.9 cm³/mol. The zero-order valence-corrected chi connectivity index (χ0v) is 13.5. The molecule has 2 rings (SSSR count). The second-order valence-electron chi connectivity index (χ2n) is 5.02. The van der Waals surface area contributed by atoms with Crippen LogP contribution in [0.15, 0.2) is 48.5 Å². The maximum Gasteiger partial charge on any atom is 0.0511 e. The van der Waals surface area contributed by atoms with Crippen LogP contribution in [-0.2, 0) is 4.74 Å². The molecule has 0 aromatic heterocycles. The average Bonchev–Trinajstić information content (AvgIpc) is 2.46. The molecular weight excluding hydrogens is 263 g/mol. The van der Waals surface area contributed by atoms with Crippen LogP contribution in [0.4, 0.5) is 0 Å². The van der Waals surface area contributed by atoms with Crippen LogP contribution in [0, 0.1) is 13.8 Å². The van der Waals surface area contributed by atoms with Crippen LogP contribution >= 0.6 is 7.92 Å². The SMILES string of the molecule is CCOCCP(c1ccc(C)cc1)c1ccc(C)cc1. The van der Waals surface area contributed by atoms with Crippen LogP contribution in [0.25, 0.3) is 0 Å². The molecule has 0 atom stereocenters. The topological polar surface area (TPSA) is 9.23 Å². The number of benzene rings is 2. The standard InChI is InChI=1S/C18H23OP/c1-4-19-13-14-20(17-9-5-15(2)6-10-17)18-11-7-16(3)8-12-18/h5-12H,4,13-14H2,1-3H3. The summed E-state index contributed by atoms with van der Waals surface area (Å²) in [6, 6.07) is 17.9. The second-order valence-corrected chi connectivity index (χ2v) is 7.36. The lowest BCUT2D eigenvalue weighted by Gasteiger charge is -2.19. The molecule has 0 saturated heterocycles. The molecule has 0 fully saturated rings. The van der Waals surface area contributed by atoms with Gasteiger partial charge in [0.25, 0.3) is 0 Å². The van der Waals surface area contributed by atoms with E-state index in [-0.39, 0.29) is 7.92 Å². The molecule has 2 aromatic rings. The fourth-order valence-electron chi connectivity index (χ4n) is 2.16.